The molecule has 0 radical (unpaired) electrons. The van der Waals surface area contributed by atoms with Crippen LogP contribution in [0, 0.1) is 0 Å². The Morgan fingerprint density at radius 2 is 1.53 bits per heavy atom. The second-order valence-corrected chi connectivity index (χ2v) is 6.28. The van der Waals surface area contributed by atoms with Gasteiger partial charge in [-0.1, -0.05) is 48.0 Å². The largest absolute Gasteiger partial charge is 0.269 e. The van der Waals surface area contributed by atoms with Crippen LogP contribution in [0.1, 0.15) is 0 Å². The van der Waals surface area contributed by atoms with E-state index in [1.54, 1.807) is 48.5 Å². The van der Waals surface area contributed by atoms with Crippen molar-refractivity contribution in [1.29, 1.82) is 0 Å². The summed E-state index contributed by atoms with van der Waals surface area (Å²) in [6.07, 6.45) is 0. The molecule has 96 valence electrons. The molecule has 3 rings (SSSR count). The molecule has 2 aromatic carbocycles. The van der Waals surface area contributed by atoms with Gasteiger partial charge in [-0.05, 0) is 24.3 Å². The molecule has 0 saturated carbocycles. The highest BCUT2D eigenvalue weighted by Crippen LogP contribution is 2.28. The highest BCUT2D eigenvalue weighted by atomic mass is 35.5. The van der Waals surface area contributed by atoms with E-state index >= 15 is 0 Å². The Morgan fingerprint density at radius 1 is 0.895 bits per heavy atom. The highest BCUT2D eigenvalue weighted by molar-refractivity contribution is 7.90. The fourth-order valence-corrected chi connectivity index (χ4v) is 3.94. The third-order valence-electron chi connectivity index (χ3n) is 2.91. The van der Waals surface area contributed by atoms with Crippen molar-refractivity contribution in [3.8, 4) is 0 Å². The first-order chi connectivity index (χ1) is 9.10. The molecule has 1 heterocycles. The van der Waals surface area contributed by atoms with Gasteiger partial charge in [0.2, 0.25) is 0 Å². The quantitative estimate of drug-likeness (QED) is 0.724. The highest BCUT2D eigenvalue weighted by Gasteiger charge is 2.21. The Balaban J connectivity index is 2.34. The molecule has 0 saturated heterocycles. The molecule has 3 nitrogen and oxygen atoms in total. The van der Waals surface area contributed by atoms with E-state index in [2.05, 4.69) is 0 Å². The summed E-state index contributed by atoms with van der Waals surface area (Å²) in [6, 6.07) is 17.1. The number of para-hydroxylation sites is 1. The molecule has 5 heteroatoms. The molecule has 0 aliphatic rings. The van der Waals surface area contributed by atoms with Gasteiger partial charge in [-0.2, -0.15) is 0 Å². The van der Waals surface area contributed by atoms with Crippen LogP contribution in [0.4, 0.5) is 0 Å². The molecule has 3 aromatic rings. The van der Waals surface area contributed by atoms with Crippen LogP contribution < -0.4 is 0 Å². The zero-order chi connectivity index (χ0) is 13.5. The van der Waals surface area contributed by atoms with Crippen molar-refractivity contribution in [2.75, 3.05) is 0 Å². The summed E-state index contributed by atoms with van der Waals surface area (Å²) >= 11 is 6.09. The molecule has 0 aliphatic carbocycles. The van der Waals surface area contributed by atoms with Crippen molar-refractivity contribution in [1.82, 2.24) is 3.97 Å². The molecular weight excluding hydrogens is 282 g/mol. The molecule has 0 amide bonds. The van der Waals surface area contributed by atoms with Crippen molar-refractivity contribution < 1.29 is 8.42 Å². The van der Waals surface area contributed by atoms with Crippen molar-refractivity contribution in [2.24, 2.45) is 0 Å². The van der Waals surface area contributed by atoms with Crippen molar-refractivity contribution >= 4 is 32.5 Å². The average molecular weight is 292 g/mol. The van der Waals surface area contributed by atoms with Gasteiger partial charge in [0.05, 0.1) is 10.4 Å². The van der Waals surface area contributed by atoms with E-state index in [1.165, 1.54) is 3.97 Å². The predicted molar refractivity (Wildman–Crippen MR) is 76.0 cm³/mol. The monoisotopic (exact) mass is 291 g/mol. The smallest absolute Gasteiger partial charge is 0.223 e. The van der Waals surface area contributed by atoms with Crippen LogP contribution in [0.5, 0.6) is 0 Å². The molecule has 0 spiro atoms. The Morgan fingerprint density at radius 3 is 2.26 bits per heavy atom. The lowest BCUT2D eigenvalue weighted by molar-refractivity contribution is 0.589. The number of benzene rings is 2. The number of hydrogen-bond acceptors (Lipinski definition) is 2. The van der Waals surface area contributed by atoms with E-state index < -0.39 is 10.0 Å². The third kappa shape index (κ3) is 1.93. The zero-order valence-electron chi connectivity index (χ0n) is 9.82. The minimum Gasteiger partial charge on any atom is -0.223 e. The number of nitrogens with zero attached hydrogens (tertiary/aromatic N) is 1. The van der Waals surface area contributed by atoms with E-state index in [0.717, 1.165) is 5.39 Å². The number of halogens is 1. The number of rotatable bonds is 2. The molecule has 0 unspecified atom stereocenters. The van der Waals surface area contributed by atoms with Gasteiger partial charge in [0.25, 0.3) is 10.0 Å². The van der Waals surface area contributed by atoms with Crippen LogP contribution in [0.3, 0.4) is 0 Å². The summed E-state index contributed by atoms with van der Waals surface area (Å²) < 4.78 is 26.4. The molecule has 0 N–H and O–H groups in total. The number of fused-ring (bicyclic) bond motifs is 1. The second-order valence-electron chi connectivity index (χ2n) is 4.11. The Hall–Kier alpha value is -1.78. The van der Waals surface area contributed by atoms with Crippen LogP contribution in [-0.2, 0) is 10.0 Å². The summed E-state index contributed by atoms with van der Waals surface area (Å²) in [7, 11) is -3.67. The summed E-state index contributed by atoms with van der Waals surface area (Å²) in [5.41, 5.74) is 0.580. The van der Waals surface area contributed by atoms with Gasteiger partial charge >= 0.3 is 0 Å². The molecule has 0 bridgehead atoms. The maximum atomic E-state index is 12.6. The van der Waals surface area contributed by atoms with E-state index in [-0.39, 0.29) is 10.0 Å². The summed E-state index contributed by atoms with van der Waals surface area (Å²) in [4.78, 5) is 0.221. The molecule has 0 aliphatic heterocycles. The van der Waals surface area contributed by atoms with Crippen LogP contribution in [0.25, 0.3) is 10.9 Å². The predicted octanol–water partition coefficient (Wildman–Crippen LogP) is 3.53. The van der Waals surface area contributed by atoms with Gasteiger partial charge in [-0.15, -0.1) is 0 Å². The lowest BCUT2D eigenvalue weighted by Gasteiger charge is -2.08. The minimum atomic E-state index is -3.67. The summed E-state index contributed by atoms with van der Waals surface area (Å²) in [5, 5.41) is 0.983. The van der Waals surface area contributed by atoms with Crippen LogP contribution in [-0.4, -0.2) is 12.4 Å². The van der Waals surface area contributed by atoms with Gasteiger partial charge < -0.3 is 0 Å². The number of aromatic nitrogens is 1. The maximum Gasteiger partial charge on any atom is 0.269 e. The van der Waals surface area contributed by atoms with E-state index in [0.29, 0.717) is 5.52 Å². The normalized spacial score (nSPS) is 11.8. The summed E-state index contributed by atoms with van der Waals surface area (Å²) in [6.45, 7) is 0. The van der Waals surface area contributed by atoms with Gasteiger partial charge in [0.1, 0.15) is 5.15 Å². The molecule has 19 heavy (non-hydrogen) atoms. The molecule has 0 fully saturated rings. The first-order valence-corrected chi connectivity index (χ1v) is 7.49. The fraction of sp³-hybridized carbons (Fsp3) is 0. The van der Waals surface area contributed by atoms with Gasteiger partial charge in [0.15, 0.2) is 0 Å². The zero-order valence-corrected chi connectivity index (χ0v) is 11.4. The minimum absolute atomic E-state index is 0.185. The topological polar surface area (TPSA) is 39.1 Å². The first-order valence-electron chi connectivity index (χ1n) is 5.67. The van der Waals surface area contributed by atoms with E-state index in [4.69, 9.17) is 11.6 Å². The lowest BCUT2D eigenvalue weighted by Crippen LogP contribution is -2.12. The van der Waals surface area contributed by atoms with Crippen LogP contribution >= 0.6 is 11.6 Å². The SMILES string of the molecule is O=S(=O)(c1ccccc1)n1c(Cl)cc2ccccc21. The average Bonchev–Trinajstić information content (AvgIpc) is 2.76. The molecule has 1 aromatic heterocycles. The Bertz CT molecular complexity index is 838. The molecular formula is C14H10ClNO2S. The maximum absolute atomic E-state index is 12.6. The Kier molecular flexibility index (Phi) is 2.84. The van der Waals surface area contributed by atoms with E-state index in [1.807, 2.05) is 12.1 Å². The van der Waals surface area contributed by atoms with Gasteiger partial charge in [-0.25, -0.2) is 12.4 Å². The standard InChI is InChI=1S/C14H10ClNO2S/c15-14-10-11-6-4-5-9-13(11)16(14)19(17,18)12-7-2-1-3-8-12/h1-10H. The van der Waals surface area contributed by atoms with Crippen LogP contribution in [0.2, 0.25) is 5.15 Å². The van der Waals surface area contributed by atoms with Crippen molar-refractivity contribution in [2.45, 2.75) is 4.90 Å². The van der Waals surface area contributed by atoms with Crippen molar-refractivity contribution in [3.05, 3.63) is 65.8 Å². The van der Waals surface area contributed by atoms with Crippen LogP contribution in [0.15, 0.2) is 65.6 Å². The second kappa shape index (κ2) is 4.40. The fourth-order valence-electron chi connectivity index (χ4n) is 2.04. The van der Waals surface area contributed by atoms with E-state index in [9.17, 15) is 8.42 Å². The first kappa shape index (κ1) is 12.3. The summed E-state index contributed by atoms with van der Waals surface area (Å²) in [5.74, 6) is 0. The van der Waals surface area contributed by atoms with Gasteiger partial charge in [-0.3, -0.25) is 0 Å². The molecule has 0 atom stereocenters. The lowest BCUT2D eigenvalue weighted by atomic mass is 10.3. The number of hydrogen-bond donors (Lipinski definition) is 0. The third-order valence-corrected chi connectivity index (χ3v) is 5.03. The van der Waals surface area contributed by atoms with Crippen molar-refractivity contribution in [3.63, 3.8) is 0 Å². The Labute approximate surface area is 116 Å². The van der Waals surface area contributed by atoms with Gasteiger partial charge in [0, 0.05) is 5.39 Å².